The molecule has 0 saturated heterocycles. The summed E-state index contributed by atoms with van der Waals surface area (Å²) in [5.74, 6) is 0.823. The Labute approximate surface area is 97.8 Å². The van der Waals surface area contributed by atoms with Gasteiger partial charge in [-0.3, -0.25) is 4.79 Å². The van der Waals surface area contributed by atoms with Gasteiger partial charge in [0.2, 0.25) is 5.91 Å². The van der Waals surface area contributed by atoms with Gasteiger partial charge in [0.1, 0.15) is 0 Å². The number of hydrogen-bond acceptors (Lipinski definition) is 1. The van der Waals surface area contributed by atoms with E-state index in [0.717, 1.165) is 32.2 Å². The maximum absolute atomic E-state index is 11.4. The number of carbonyl (C=O) groups is 1. The number of unbranched alkanes of at least 4 members (excludes halogenated alkanes) is 2. The van der Waals surface area contributed by atoms with Crippen molar-refractivity contribution in [2.24, 2.45) is 5.92 Å². The summed E-state index contributed by atoms with van der Waals surface area (Å²) >= 11 is 6.01. The van der Waals surface area contributed by atoms with Crippen LogP contribution in [-0.2, 0) is 4.79 Å². The molecule has 2 unspecified atom stereocenters. The summed E-state index contributed by atoms with van der Waals surface area (Å²) in [6.07, 6.45) is 7.37. The molecular formula is C12H22ClNO. The van der Waals surface area contributed by atoms with Crippen molar-refractivity contribution in [1.82, 2.24) is 5.32 Å². The first kappa shape index (κ1) is 12.8. The molecule has 1 fully saturated rings. The van der Waals surface area contributed by atoms with Gasteiger partial charge in [-0.2, -0.15) is 0 Å². The Hall–Kier alpha value is -0.240. The molecule has 1 saturated carbocycles. The zero-order chi connectivity index (χ0) is 11.1. The highest BCUT2D eigenvalue weighted by Gasteiger charge is 2.22. The van der Waals surface area contributed by atoms with Crippen molar-refractivity contribution in [3.05, 3.63) is 0 Å². The third-order valence-corrected chi connectivity index (χ3v) is 3.47. The molecular weight excluding hydrogens is 210 g/mol. The van der Waals surface area contributed by atoms with Crippen molar-refractivity contribution in [1.29, 1.82) is 0 Å². The average molecular weight is 232 g/mol. The Kier molecular flexibility index (Phi) is 6.07. The minimum absolute atomic E-state index is 0.210. The fourth-order valence-corrected chi connectivity index (χ4v) is 2.46. The summed E-state index contributed by atoms with van der Waals surface area (Å²) in [5, 5.41) is 3.35. The molecule has 0 aliphatic heterocycles. The maximum Gasteiger partial charge on any atom is 0.220 e. The molecule has 1 aliphatic carbocycles. The fraction of sp³-hybridized carbons (Fsp3) is 0.917. The first-order valence-corrected chi connectivity index (χ1v) is 6.56. The quantitative estimate of drug-likeness (QED) is 0.553. The molecule has 0 aromatic carbocycles. The summed E-state index contributed by atoms with van der Waals surface area (Å²) in [4.78, 5) is 11.4. The summed E-state index contributed by atoms with van der Waals surface area (Å²) < 4.78 is 0. The van der Waals surface area contributed by atoms with E-state index < -0.39 is 0 Å². The van der Waals surface area contributed by atoms with E-state index in [1.807, 2.05) is 0 Å². The zero-order valence-electron chi connectivity index (χ0n) is 9.60. The van der Waals surface area contributed by atoms with E-state index in [1.165, 1.54) is 12.8 Å². The predicted octanol–water partition coefficient (Wildman–Crippen LogP) is 3.09. The van der Waals surface area contributed by atoms with Crippen molar-refractivity contribution in [3.63, 3.8) is 0 Å². The van der Waals surface area contributed by atoms with Crippen LogP contribution >= 0.6 is 11.6 Å². The van der Waals surface area contributed by atoms with E-state index in [-0.39, 0.29) is 5.91 Å². The van der Waals surface area contributed by atoms with Crippen LogP contribution in [0.1, 0.15) is 51.9 Å². The normalized spacial score (nSPS) is 25.5. The van der Waals surface area contributed by atoms with Crippen molar-refractivity contribution in [2.75, 3.05) is 6.54 Å². The summed E-state index contributed by atoms with van der Waals surface area (Å²) in [6, 6.07) is 0. The third-order valence-electron chi connectivity index (χ3n) is 3.07. The van der Waals surface area contributed by atoms with Gasteiger partial charge >= 0.3 is 0 Å². The molecule has 1 aliphatic rings. The van der Waals surface area contributed by atoms with Crippen molar-refractivity contribution in [2.45, 2.75) is 57.2 Å². The van der Waals surface area contributed by atoms with Crippen molar-refractivity contribution >= 4 is 17.5 Å². The highest BCUT2D eigenvalue weighted by molar-refractivity contribution is 6.20. The number of nitrogens with one attached hydrogen (secondary N) is 1. The first-order chi connectivity index (χ1) is 7.22. The topological polar surface area (TPSA) is 29.1 Å². The summed E-state index contributed by atoms with van der Waals surface area (Å²) in [6.45, 7) is 2.98. The minimum atomic E-state index is 0.210. The molecule has 0 radical (unpaired) electrons. The number of carbonyl (C=O) groups excluding carboxylic acids is 1. The zero-order valence-corrected chi connectivity index (χ0v) is 10.4. The van der Waals surface area contributed by atoms with E-state index in [4.69, 9.17) is 11.6 Å². The highest BCUT2D eigenvalue weighted by atomic mass is 35.5. The molecule has 1 N–H and O–H groups in total. The molecule has 1 rings (SSSR count). The average Bonchev–Trinajstić information content (AvgIpc) is 2.62. The van der Waals surface area contributed by atoms with Gasteiger partial charge in [-0.05, 0) is 31.6 Å². The second kappa shape index (κ2) is 7.10. The number of hydrogen-bond donors (Lipinski definition) is 1. The van der Waals surface area contributed by atoms with Crippen molar-refractivity contribution < 1.29 is 4.79 Å². The van der Waals surface area contributed by atoms with E-state index in [1.54, 1.807) is 0 Å². The van der Waals surface area contributed by atoms with Crippen LogP contribution in [-0.4, -0.2) is 17.8 Å². The number of rotatable bonds is 6. The van der Waals surface area contributed by atoms with Gasteiger partial charge in [-0.25, -0.2) is 0 Å². The van der Waals surface area contributed by atoms with E-state index >= 15 is 0 Å². The van der Waals surface area contributed by atoms with E-state index in [9.17, 15) is 4.79 Å². The van der Waals surface area contributed by atoms with E-state index in [2.05, 4.69) is 12.2 Å². The predicted molar refractivity (Wildman–Crippen MR) is 64.1 cm³/mol. The molecule has 3 heteroatoms. The van der Waals surface area contributed by atoms with Crippen LogP contribution in [0, 0.1) is 5.92 Å². The summed E-state index contributed by atoms with van der Waals surface area (Å²) in [7, 11) is 0. The standard InChI is InChI=1S/C12H22ClNO/c1-2-3-4-5-12(15)14-9-10-6-7-11(13)8-10/h10-11H,2-9H2,1H3,(H,14,15). The lowest BCUT2D eigenvalue weighted by atomic mass is 10.1. The smallest absolute Gasteiger partial charge is 0.220 e. The highest BCUT2D eigenvalue weighted by Crippen LogP contribution is 2.28. The lowest BCUT2D eigenvalue weighted by molar-refractivity contribution is -0.121. The molecule has 1 amide bonds. The van der Waals surface area contributed by atoms with Crippen LogP contribution in [0.5, 0.6) is 0 Å². The van der Waals surface area contributed by atoms with Crippen LogP contribution in [0.3, 0.4) is 0 Å². The second-order valence-corrected chi connectivity index (χ2v) is 5.15. The molecule has 2 nitrogen and oxygen atoms in total. The maximum atomic E-state index is 11.4. The molecule has 0 spiro atoms. The fourth-order valence-electron chi connectivity index (χ4n) is 2.08. The summed E-state index contributed by atoms with van der Waals surface area (Å²) in [5.41, 5.74) is 0. The van der Waals surface area contributed by atoms with E-state index in [0.29, 0.717) is 17.7 Å². The minimum Gasteiger partial charge on any atom is -0.356 e. The number of alkyl halides is 1. The third kappa shape index (κ3) is 5.41. The molecule has 15 heavy (non-hydrogen) atoms. The molecule has 0 heterocycles. The first-order valence-electron chi connectivity index (χ1n) is 6.13. The van der Waals surface area contributed by atoms with Gasteiger partial charge in [0.25, 0.3) is 0 Å². The Morgan fingerprint density at radius 3 is 2.80 bits per heavy atom. The van der Waals surface area contributed by atoms with Gasteiger partial charge < -0.3 is 5.32 Å². The number of amides is 1. The molecule has 0 aromatic heterocycles. The molecule has 0 bridgehead atoms. The molecule has 0 aromatic rings. The van der Waals surface area contributed by atoms with Gasteiger partial charge in [0.15, 0.2) is 0 Å². The SMILES string of the molecule is CCCCCC(=O)NCC1CCC(Cl)C1. The second-order valence-electron chi connectivity index (χ2n) is 4.54. The van der Waals surface area contributed by atoms with Crippen LogP contribution in [0.25, 0.3) is 0 Å². The van der Waals surface area contributed by atoms with Crippen molar-refractivity contribution in [3.8, 4) is 0 Å². The Morgan fingerprint density at radius 1 is 1.40 bits per heavy atom. The van der Waals surface area contributed by atoms with Gasteiger partial charge in [0, 0.05) is 18.3 Å². The van der Waals surface area contributed by atoms with Crippen LogP contribution < -0.4 is 5.32 Å². The largest absolute Gasteiger partial charge is 0.356 e. The van der Waals surface area contributed by atoms with Crippen LogP contribution in [0.2, 0.25) is 0 Å². The monoisotopic (exact) mass is 231 g/mol. The van der Waals surface area contributed by atoms with Gasteiger partial charge in [-0.15, -0.1) is 11.6 Å². The van der Waals surface area contributed by atoms with Crippen LogP contribution in [0.15, 0.2) is 0 Å². The Morgan fingerprint density at radius 2 is 2.20 bits per heavy atom. The molecule has 88 valence electrons. The molecule has 2 atom stereocenters. The Balaban J connectivity index is 2.01. The van der Waals surface area contributed by atoms with Crippen LogP contribution in [0.4, 0.5) is 0 Å². The Bertz CT molecular complexity index is 196. The number of halogens is 1. The van der Waals surface area contributed by atoms with Gasteiger partial charge in [-0.1, -0.05) is 19.8 Å². The lowest BCUT2D eigenvalue weighted by Gasteiger charge is -2.10. The van der Waals surface area contributed by atoms with Gasteiger partial charge in [0.05, 0.1) is 0 Å². The lowest BCUT2D eigenvalue weighted by Crippen LogP contribution is -2.28.